The first-order chi connectivity index (χ1) is 41.1. The second-order valence-electron chi connectivity index (χ2n) is 27.7. The predicted octanol–water partition coefficient (Wildman–Crippen LogP) is -4.12. The van der Waals surface area contributed by atoms with Gasteiger partial charge in [-0.25, -0.2) is 4.79 Å². The van der Waals surface area contributed by atoms with E-state index in [-0.39, 0.29) is 31.1 Å². The molecule has 0 bridgehead atoms. The molecular weight excluding hydrogens is 1170 g/mol. The van der Waals surface area contributed by atoms with E-state index in [0.717, 1.165) is 0 Å². The summed E-state index contributed by atoms with van der Waals surface area (Å²) in [5.41, 5.74) is -5.44. The molecule has 0 radical (unpaired) electrons. The molecule has 9 aliphatic rings. The van der Waals surface area contributed by atoms with E-state index in [0.29, 0.717) is 50.5 Å². The minimum absolute atomic E-state index is 0.101. The second kappa shape index (κ2) is 26.5. The van der Waals surface area contributed by atoms with Gasteiger partial charge in [0.2, 0.25) is 6.29 Å². The number of carbonyl (C=O) groups is 2. The smallest absolute Gasteiger partial charge is 0.340 e. The summed E-state index contributed by atoms with van der Waals surface area (Å²) in [6.07, 6.45) is -40.5. The number of carboxylic acids is 1. The van der Waals surface area contributed by atoms with Gasteiger partial charge in [0.15, 0.2) is 30.8 Å². The van der Waals surface area contributed by atoms with Gasteiger partial charge in [-0.05, 0) is 126 Å². The van der Waals surface area contributed by atoms with E-state index in [1.807, 2.05) is 0 Å². The summed E-state index contributed by atoms with van der Waals surface area (Å²) in [6, 6.07) is 0. The molecule has 88 heavy (non-hydrogen) atoms. The van der Waals surface area contributed by atoms with Gasteiger partial charge in [0.25, 0.3) is 0 Å². The molecule has 4 aliphatic carbocycles. The summed E-state index contributed by atoms with van der Waals surface area (Å²) in [4.78, 5) is 28.8. The lowest BCUT2D eigenvalue weighted by atomic mass is 9.35. The summed E-state index contributed by atoms with van der Waals surface area (Å²) in [5.74, 6) is -4.24. The third kappa shape index (κ3) is 12.1. The van der Waals surface area contributed by atoms with Crippen LogP contribution >= 0.6 is 0 Å². The van der Waals surface area contributed by atoms with Crippen molar-refractivity contribution in [3.05, 3.63) is 12.2 Å². The predicted molar refractivity (Wildman–Crippen MR) is 294 cm³/mol. The van der Waals surface area contributed by atoms with Crippen molar-refractivity contribution in [1.29, 1.82) is 0 Å². The Hall–Kier alpha value is -2.32. The van der Waals surface area contributed by atoms with Crippen molar-refractivity contribution in [3.8, 4) is 0 Å². The highest BCUT2D eigenvalue weighted by atomic mass is 16.8. The zero-order valence-electron chi connectivity index (χ0n) is 50.7. The molecule has 0 spiro atoms. The van der Waals surface area contributed by atoms with Gasteiger partial charge in [-0.2, -0.15) is 0 Å². The highest BCUT2D eigenvalue weighted by molar-refractivity contribution is 5.80. The summed E-state index contributed by atoms with van der Waals surface area (Å²) in [7, 11) is 0. The van der Waals surface area contributed by atoms with Crippen LogP contribution in [0.5, 0.6) is 0 Å². The van der Waals surface area contributed by atoms with Crippen molar-refractivity contribution in [2.75, 3.05) is 19.8 Å². The Bertz CT molecular complexity index is 2430. The van der Waals surface area contributed by atoms with Crippen molar-refractivity contribution in [2.24, 2.45) is 45.3 Å². The van der Waals surface area contributed by atoms with Gasteiger partial charge in [0.1, 0.15) is 104 Å². The number of carboxylic acid groups (broad SMARTS) is 1. The van der Waals surface area contributed by atoms with E-state index in [1.54, 1.807) is 13.8 Å². The van der Waals surface area contributed by atoms with Gasteiger partial charge in [-0.1, -0.05) is 32.9 Å². The second-order valence-corrected chi connectivity index (χ2v) is 27.7. The molecule has 29 heteroatoms. The zero-order valence-corrected chi connectivity index (χ0v) is 50.7. The highest BCUT2D eigenvalue weighted by Gasteiger charge is 2.73. The summed E-state index contributed by atoms with van der Waals surface area (Å²) < 4.78 is 59.6. The molecule has 0 aromatic heterocycles. The van der Waals surface area contributed by atoms with Crippen molar-refractivity contribution < 1.29 is 144 Å². The fraction of sp³-hybridized carbons (Fsp3) is 0.932. The maximum Gasteiger partial charge on any atom is 0.340 e. The molecular formula is C59H96O29. The first kappa shape index (κ1) is 70.0. The van der Waals surface area contributed by atoms with E-state index >= 15 is 0 Å². The molecule has 5 heterocycles. The lowest BCUT2D eigenvalue weighted by Gasteiger charge is -2.69. The van der Waals surface area contributed by atoms with Crippen LogP contribution < -0.4 is 0 Å². The van der Waals surface area contributed by atoms with Gasteiger partial charge in [0, 0.05) is 5.92 Å². The Labute approximate surface area is 509 Å². The van der Waals surface area contributed by atoms with Crippen LogP contribution in [0.3, 0.4) is 0 Å². The van der Waals surface area contributed by atoms with Gasteiger partial charge < -0.3 is 134 Å². The Kier molecular flexibility index (Phi) is 21.1. The molecule has 4 saturated carbocycles. The van der Waals surface area contributed by atoms with E-state index in [9.17, 15) is 96.4 Å². The van der Waals surface area contributed by atoms with Crippen LogP contribution in [0.15, 0.2) is 12.2 Å². The lowest BCUT2D eigenvalue weighted by molar-refractivity contribution is -0.389. The van der Waals surface area contributed by atoms with Crippen LogP contribution in [0.2, 0.25) is 0 Å². The van der Waals surface area contributed by atoms with Crippen LogP contribution in [0.4, 0.5) is 0 Å². The van der Waals surface area contributed by atoms with E-state index in [2.05, 4.69) is 27.4 Å². The van der Waals surface area contributed by atoms with Crippen molar-refractivity contribution in [3.63, 3.8) is 0 Å². The van der Waals surface area contributed by atoms with Gasteiger partial charge in [-0.3, -0.25) is 4.79 Å². The molecule has 0 aromatic rings. The quantitative estimate of drug-likeness (QED) is 0.0352. The first-order valence-electron chi connectivity index (χ1n) is 30.9. The third-order valence-corrected chi connectivity index (χ3v) is 22.9. The average molecular weight is 1270 g/mol. The molecule has 9 rings (SSSR count). The van der Waals surface area contributed by atoms with E-state index in [4.69, 9.17) is 47.4 Å². The van der Waals surface area contributed by atoms with Crippen molar-refractivity contribution in [1.82, 2.24) is 0 Å². The number of fused-ring (bicyclic) bond motifs is 5. The molecule has 35 atom stereocenters. The van der Waals surface area contributed by atoms with Crippen LogP contribution in [0.25, 0.3) is 0 Å². The summed E-state index contributed by atoms with van der Waals surface area (Å²) in [6.45, 7) is 14.2. The molecule has 0 aromatic carbocycles. The fourth-order valence-electron chi connectivity index (χ4n) is 17.2. The van der Waals surface area contributed by atoms with Crippen molar-refractivity contribution in [2.45, 2.75) is 278 Å². The summed E-state index contributed by atoms with van der Waals surface area (Å²) in [5, 5.41) is 186. The van der Waals surface area contributed by atoms with Crippen molar-refractivity contribution >= 4 is 11.9 Å². The largest absolute Gasteiger partial charge is 0.481 e. The van der Waals surface area contributed by atoms with Crippen LogP contribution in [-0.2, 0) is 57.0 Å². The number of rotatable bonds is 18. The Morgan fingerprint density at radius 1 is 0.602 bits per heavy atom. The van der Waals surface area contributed by atoms with E-state index < -0.39 is 230 Å². The monoisotopic (exact) mass is 1270 g/mol. The normalized spacial score (nSPS) is 52.5. The number of aliphatic hydroxyl groups excluding tert-OH is 15. The topological polar surface area (TPSA) is 470 Å². The lowest BCUT2D eigenvalue weighted by Crippen LogP contribution is -2.68. The van der Waals surface area contributed by atoms with Crippen LogP contribution in [0.1, 0.15) is 113 Å². The molecule has 5 aliphatic heterocycles. The Balaban J connectivity index is 0.965. The number of hydrogen-bond donors (Lipinski definition) is 17. The van der Waals surface area contributed by atoms with E-state index in [1.165, 1.54) is 13.8 Å². The molecule has 0 unspecified atom stereocenters. The average Bonchev–Trinajstić information content (AvgIpc) is 1.16. The number of hydrogen-bond acceptors (Lipinski definition) is 28. The number of carbonyl (C=O) groups excluding carboxylic acids is 1. The molecule has 9 fully saturated rings. The minimum Gasteiger partial charge on any atom is -0.481 e. The molecule has 17 N–H and O–H groups in total. The minimum atomic E-state index is -2.29. The standard InChI is InChI=1S/C59H96O29/c1-22(2)27(61)12-18-59(78,54(77)88-51-45(74)40(69)36(65)29(19-60)83-51)26-11-16-56(6)25(26)9-10-31-55(5)15-14-33(58(8,53(75)76)32(55)13-17-57(31,56)7)85-52-47(87-49-43(72)39(68)35(64)24(4)82-49)46(28(62)20-79-52)86-50-44(73)41(70)37(66)30(84-50)21-80-48-42(71)38(67)34(63)23(3)81-48/h23-52,60-74,78H,1,9-21H2,2-8H3,(H,75,76)/t23-,24-,25+,26-,27-,28-,29+,30+,31+,32+,33-,34-,35-,36+,37+,38+,39+,40-,41-,42+,43+,44+,45+,46-,47+,48+,49-,50-,51-,52-,55+,56+,57+,58-,59-/m0/s1. The molecule has 29 nitrogen and oxygen atoms in total. The third-order valence-electron chi connectivity index (χ3n) is 22.9. The maximum atomic E-state index is 14.6. The van der Waals surface area contributed by atoms with Crippen LogP contribution in [-0.4, -0.2) is 284 Å². The summed E-state index contributed by atoms with van der Waals surface area (Å²) >= 11 is 0. The molecule has 0 amide bonds. The number of aliphatic hydroxyl groups is 16. The number of esters is 1. The van der Waals surface area contributed by atoms with Gasteiger partial charge in [0.05, 0.1) is 49.7 Å². The Morgan fingerprint density at radius 3 is 1.74 bits per heavy atom. The molecule has 5 saturated heterocycles. The number of ether oxygens (including phenoxy) is 10. The van der Waals surface area contributed by atoms with Crippen LogP contribution in [0, 0.1) is 45.3 Å². The maximum absolute atomic E-state index is 14.6. The highest BCUT2D eigenvalue weighted by Crippen LogP contribution is 2.76. The first-order valence-corrected chi connectivity index (χ1v) is 30.9. The zero-order chi connectivity index (χ0) is 64.8. The fourth-order valence-corrected chi connectivity index (χ4v) is 17.2. The Morgan fingerprint density at radius 2 is 1.14 bits per heavy atom. The number of aliphatic carboxylic acids is 1. The van der Waals surface area contributed by atoms with Gasteiger partial charge >= 0.3 is 11.9 Å². The molecule has 506 valence electrons. The SMILES string of the molecule is C=C(C)[C@@H](O)CC[C@@](O)(C(=O)O[C@@H]1O[C@H](CO)[C@@H](O)[C@H](O)[C@H]1O)[C@H]1CC[C@]2(C)[C@@H]1CC[C@@H]1[C@@]3(C)CC[C@H](O[C@@H]4OC[C@H](O)[C@H](O[C@@H]5O[C@H](CO[C@@H]6O[C@@H](C)[C@H](O)[C@@H](O)[C@H]6O)[C@@H](O)[C@H](O)[C@H]5O)[C@H]4O[C@@H]4O[C@@H](C)[C@H](O)[C@@H](O)[C@H]4O)[C@@](C)(C(=O)O)[C@@H]3CC[C@]12C. The van der Waals surface area contributed by atoms with Gasteiger partial charge in [-0.15, -0.1) is 0 Å².